The molecule has 1 unspecified atom stereocenters. The monoisotopic (exact) mass is 468 g/mol. The van der Waals surface area contributed by atoms with Crippen molar-refractivity contribution in [3.8, 4) is 16.3 Å². The summed E-state index contributed by atoms with van der Waals surface area (Å²) in [5, 5.41) is 22.1. The number of benzene rings is 3. The van der Waals surface area contributed by atoms with Crippen molar-refractivity contribution in [2.45, 2.75) is 13.0 Å². The molecule has 1 aliphatic rings. The number of Topliss-reactive ketones (excluding diaryl/α,β-unsaturated/α-hetero) is 1. The molecule has 0 fully saturated rings. The van der Waals surface area contributed by atoms with Gasteiger partial charge in [0.2, 0.25) is 5.78 Å². The molecule has 0 radical (unpaired) electrons. The maximum absolute atomic E-state index is 13.8. The Balaban J connectivity index is 1.64. The van der Waals surface area contributed by atoms with Gasteiger partial charge in [0.05, 0.1) is 27.9 Å². The number of aryl methyl sites for hydroxylation is 1. The van der Waals surface area contributed by atoms with E-state index in [2.05, 4.69) is 4.98 Å². The number of aliphatic hydroxyl groups is 1. The summed E-state index contributed by atoms with van der Waals surface area (Å²) in [5.41, 5.74) is 2.21. The van der Waals surface area contributed by atoms with E-state index in [1.807, 2.05) is 36.4 Å². The number of ketones is 1. The fourth-order valence-corrected chi connectivity index (χ4v) is 5.16. The highest BCUT2D eigenvalue weighted by Gasteiger charge is 2.46. The second-order valence-corrected chi connectivity index (χ2v) is 8.87. The Hall–Kier alpha value is -4.23. The Labute approximate surface area is 200 Å². The maximum Gasteiger partial charge on any atom is 0.294 e. The van der Waals surface area contributed by atoms with E-state index in [0.717, 1.165) is 5.56 Å². The third kappa shape index (κ3) is 3.56. The van der Waals surface area contributed by atoms with Crippen LogP contribution in [0.5, 0.6) is 5.75 Å². The molecule has 3 aromatic carbocycles. The molecule has 5 rings (SSSR count). The largest absolute Gasteiger partial charge is 0.506 e. The van der Waals surface area contributed by atoms with Crippen molar-refractivity contribution in [2.24, 2.45) is 0 Å². The van der Waals surface area contributed by atoms with Crippen LogP contribution in [0.1, 0.15) is 27.0 Å². The lowest BCUT2D eigenvalue weighted by Gasteiger charge is -2.27. The molecular formula is C27H20N2O4S. The molecule has 34 heavy (non-hydrogen) atoms. The van der Waals surface area contributed by atoms with Gasteiger partial charge in [0.25, 0.3) is 5.91 Å². The molecule has 2 N–H and O–H groups in total. The summed E-state index contributed by atoms with van der Waals surface area (Å²) < 4.78 is 0. The van der Waals surface area contributed by atoms with Gasteiger partial charge in [-0.15, -0.1) is 11.3 Å². The molecule has 6 nitrogen and oxygen atoms in total. The SMILES string of the molecule is Cc1nc(-c2ccccc2)sc1C(=O)C1=C(O)C(=O)N(c2ccccc2O)C1c1ccccc1. The van der Waals surface area contributed by atoms with Crippen LogP contribution in [0, 0.1) is 6.92 Å². The number of aliphatic hydroxyl groups excluding tert-OH is 1. The number of amides is 1. The molecule has 0 bridgehead atoms. The van der Waals surface area contributed by atoms with E-state index in [4.69, 9.17) is 0 Å². The minimum absolute atomic E-state index is 0.0363. The number of thiazole rings is 1. The van der Waals surface area contributed by atoms with E-state index < -0.39 is 23.5 Å². The first-order valence-electron chi connectivity index (χ1n) is 10.6. The maximum atomic E-state index is 13.8. The number of hydrogen-bond acceptors (Lipinski definition) is 6. The van der Waals surface area contributed by atoms with E-state index in [-0.39, 0.29) is 17.0 Å². The predicted molar refractivity (Wildman–Crippen MR) is 131 cm³/mol. The Morgan fingerprint density at radius 2 is 1.53 bits per heavy atom. The summed E-state index contributed by atoms with van der Waals surface area (Å²) >= 11 is 1.22. The van der Waals surface area contributed by atoms with E-state index in [1.165, 1.54) is 22.3 Å². The standard InChI is InChI=1S/C27H20N2O4S/c1-16-25(34-26(28-16)18-12-6-3-7-13-18)23(31)21-22(17-10-4-2-5-11-17)29(27(33)24(21)32)19-14-8-9-15-20(19)30/h2-15,22,30,32H,1H3. The quantitative estimate of drug-likeness (QED) is 0.372. The first-order chi connectivity index (χ1) is 16.5. The topological polar surface area (TPSA) is 90.7 Å². The molecule has 168 valence electrons. The van der Waals surface area contributed by atoms with Gasteiger partial charge in [-0.2, -0.15) is 0 Å². The number of phenolic OH excluding ortho intramolecular Hbond substituents is 1. The highest BCUT2D eigenvalue weighted by molar-refractivity contribution is 7.17. The smallest absolute Gasteiger partial charge is 0.294 e. The Kier molecular flexibility index (Phi) is 5.47. The molecule has 1 amide bonds. The molecule has 7 heteroatoms. The summed E-state index contributed by atoms with van der Waals surface area (Å²) in [5.74, 6) is -1.96. The van der Waals surface area contributed by atoms with Crippen molar-refractivity contribution in [1.82, 2.24) is 4.98 Å². The fourth-order valence-electron chi connectivity index (χ4n) is 4.14. The number of aromatic nitrogens is 1. The minimum atomic E-state index is -0.906. The van der Waals surface area contributed by atoms with Crippen LogP contribution in [0.3, 0.4) is 0 Å². The van der Waals surface area contributed by atoms with Crippen LogP contribution in [0.2, 0.25) is 0 Å². The molecule has 4 aromatic rings. The van der Waals surface area contributed by atoms with Crippen LogP contribution in [-0.2, 0) is 4.79 Å². The molecule has 0 aliphatic carbocycles. The molecule has 1 atom stereocenters. The summed E-state index contributed by atoms with van der Waals surface area (Å²) in [4.78, 5) is 33.2. The average molecular weight is 469 g/mol. The Morgan fingerprint density at radius 3 is 2.21 bits per heavy atom. The van der Waals surface area contributed by atoms with E-state index in [0.29, 0.717) is 21.1 Å². The van der Waals surface area contributed by atoms with Gasteiger partial charge in [-0.05, 0) is 24.6 Å². The fraction of sp³-hybridized carbons (Fsp3) is 0.0741. The Morgan fingerprint density at radius 1 is 0.912 bits per heavy atom. The summed E-state index contributed by atoms with van der Waals surface area (Å²) in [6.07, 6.45) is 0. The molecule has 2 heterocycles. The molecule has 0 spiro atoms. The minimum Gasteiger partial charge on any atom is -0.506 e. The lowest BCUT2D eigenvalue weighted by molar-refractivity contribution is -0.117. The number of anilines is 1. The van der Waals surface area contributed by atoms with Gasteiger partial charge in [0.15, 0.2) is 5.76 Å². The van der Waals surface area contributed by atoms with Crippen molar-refractivity contribution in [2.75, 3.05) is 4.90 Å². The molecule has 0 saturated carbocycles. The van der Waals surface area contributed by atoms with E-state index in [9.17, 15) is 19.8 Å². The van der Waals surface area contributed by atoms with Gasteiger partial charge in [-0.1, -0.05) is 72.8 Å². The number of carbonyl (C=O) groups is 2. The van der Waals surface area contributed by atoms with Gasteiger partial charge in [-0.3, -0.25) is 14.5 Å². The summed E-state index contributed by atoms with van der Waals surface area (Å²) in [6.45, 7) is 1.74. The van der Waals surface area contributed by atoms with Gasteiger partial charge in [0.1, 0.15) is 10.8 Å². The zero-order valence-electron chi connectivity index (χ0n) is 18.2. The van der Waals surface area contributed by atoms with Crippen molar-refractivity contribution in [3.63, 3.8) is 0 Å². The number of nitrogens with zero attached hydrogens (tertiary/aromatic N) is 2. The normalized spacial score (nSPS) is 15.7. The molecule has 1 aromatic heterocycles. The van der Waals surface area contributed by atoms with Crippen LogP contribution in [0.25, 0.3) is 10.6 Å². The summed E-state index contributed by atoms with van der Waals surface area (Å²) in [6, 6.07) is 24.0. The van der Waals surface area contributed by atoms with E-state index in [1.54, 1.807) is 49.4 Å². The lowest BCUT2D eigenvalue weighted by Crippen LogP contribution is -2.31. The lowest BCUT2D eigenvalue weighted by atomic mass is 9.95. The average Bonchev–Trinajstić information content (AvgIpc) is 3.38. The van der Waals surface area contributed by atoms with Gasteiger partial charge in [-0.25, -0.2) is 4.98 Å². The van der Waals surface area contributed by atoms with Gasteiger partial charge in [0, 0.05) is 5.56 Å². The Bertz CT molecular complexity index is 1430. The highest BCUT2D eigenvalue weighted by Crippen LogP contribution is 2.45. The van der Waals surface area contributed by atoms with Crippen LogP contribution in [0.15, 0.2) is 96.3 Å². The highest BCUT2D eigenvalue weighted by atomic mass is 32.1. The van der Waals surface area contributed by atoms with Gasteiger partial charge < -0.3 is 10.2 Å². The number of rotatable bonds is 5. The number of carbonyl (C=O) groups excluding carboxylic acids is 2. The number of para-hydroxylation sites is 2. The molecule has 0 saturated heterocycles. The second kappa shape index (κ2) is 8.61. The van der Waals surface area contributed by atoms with Crippen LogP contribution >= 0.6 is 11.3 Å². The first kappa shape index (κ1) is 21.6. The molecule has 1 aliphatic heterocycles. The molecular weight excluding hydrogens is 448 g/mol. The van der Waals surface area contributed by atoms with Crippen LogP contribution in [0.4, 0.5) is 5.69 Å². The number of phenols is 1. The third-order valence-electron chi connectivity index (χ3n) is 5.73. The zero-order valence-corrected chi connectivity index (χ0v) is 19.0. The van der Waals surface area contributed by atoms with Crippen molar-refractivity contribution >= 4 is 28.7 Å². The number of hydrogen-bond donors (Lipinski definition) is 2. The first-order valence-corrected chi connectivity index (χ1v) is 11.5. The predicted octanol–water partition coefficient (Wildman–Crippen LogP) is 5.61. The van der Waals surface area contributed by atoms with Crippen molar-refractivity contribution < 1.29 is 19.8 Å². The van der Waals surface area contributed by atoms with Crippen molar-refractivity contribution in [1.29, 1.82) is 0 Å². The number of aromatic hydroxyl groups is 1. The third-order valence-corrected chi connectivity index (χ3v) is 6.94. The summed E-state index contributed by atoms with van der Waals surface area (Å²) in [7, 11) is 0. The van der Waals surface area contributed by atoms with E-state index >= 15 is 0 Å². The second-order valence-electron chi connectivity index (χ2n) is 7.87. The van der Waals surface area contributed by atoms with Crippen LogP contribution in [-0.4, -0.2) is 26.9 Å². The van der Waals surface area contributed by atoms with Gasteiger partial charge >= 0.3 is 0 Å². The zero-order chi connectivity index (χ0) is 23.8. The van der Waals surface area contributed by atoms with Crippen molar-refractivity contribution in [3.05, 3.63) is 112 Å². The van der Waals surface area contributed by atoms with Crippen LogP contribution < -0.4 is 4.90 Å².